The van der Waals surface area contributed by atoms with Crippen molar-refractivity contribution in [1.29, 1.82) is 0 Å². The second-order valence-corrected chi connectivity index (χ2v) is 45.2. The molecule has 704 valence electrons. The predicted octanol–water partition coefficient (Wildman–Crippen LogP) is 26.6. The van der Waals surface area contributed by atoms with E-state index in [0.29, 0.717) is 23.7 Å². The summed E-state index contributed by atoms with van der Waals surface area (Å²) in [6.07, 6.45) is 6.66. The predicted molar refractivity (Wildman–Crippen MR) is 621 cm³/mol. The fraction of sp³-hybridized carbons (Fsp3) is 0.0465. The molecule has 12 aliphatic heterocycles. The Balaban J connectivity index is 0.0000000885. The van der Waals surface area contributed by atoms with Crippen molar-refractivity contribution >= 4 is 242 Å². The van der Waals surface area contributed by atoms with Crippen LogP contribution in [0.4, 0.5) is 68.5 Å². The van der Waals surface area contributed by atoms with E-state index >= 15 is 0 Å². The molecule has 0 radical (unpaired) electrons. The van der Waals surface area contributed by atoms with Crippen LogP contribution in [-0.4, -0.2) is 52.5 Å². The first-order valence-corrected chi connectivity index (χ1v) is 55.5. The van der Waals surface area contributed by atoms with E-state index in [-0.39, 0.29) is 26.9 Å². The van der Waals surface area contributed by atoms with Gasteiger partial charge in [0, 0.05) is 139 Å². The van der Waals surface area contributed by atoms with Crippen LogP contribution in [0.3, 0.4) is 0 Å². The Morgan fingerprint density at radius 3 is 0.973 bits per heavy atom. The summed E-state index contributed by atoms with van der Waals surface area (Å²) >= 11 is 9.38. The second-order valence-electron chi connectivity index (χ2n) is 39.8. The van der Waals surface area contributed by atoms with Crippen LogP contribution in [0, 0.1) is 0 Å². The van der Waals surface area contributed by atoms with Crippen molar-refractivity contribution in [2.24, 2.45) is 0 Å². The van der Waals surface area contributed by atoms with Gasteiger partial charge >= 0.3 is 0 Å². The zero-order valence-corrected chi connectivity index (χ0v) is 84.7. The highest BCUT2D eigenvalue weighted by Crippen LogP contribution is 2.55. The molecular formula is C129H82B4N8O4S5. The maximum Gasteiger partial charge on any atom is 0.259 e. The van der Waals surface area contributed by atoms with E-state index in [0.717, 1.165) is 79.6 Å². The number of para-hydroxylation sites is 5. The van der Waals surface area contributed by atoms with Crippen LogP contribution >= 0.6 is 58.8 Å². The van der Waals surface area contributed by atoms with Gasteiger partial charge in [-0.2, -0.15) is 9.97 Å². The van der Waals surface area contributed by atoms with Crippen molar-refractivity contribution in [3.8, 4) is 79.8 Å². The van der Waals surface area contributed by atoms with E-state index in [1.54, 1.807) is 11.8 Å². The largest absolute Gasteiger partial charge is 0.490 e. The molecular weight excluding hydrogens is 1930 g/mol. The monoisotopic (exact) mass is 2010 g/mol. The molecule has 2 aromatic heterocycles. The molecule has 12 nitrogen and oxygen atoms in total. The van der Waals surface area contributed by atoms with Crippen molar-refractivity contribution in [3.05, 3.63) is 431 Å². The molecule has 0 amide bonds. The highest BCUT2D eigenvalue weighted by atomic mass is 32.2. The van der Waals surface area contributed by atoms with E-state index in [2.05, 4.69) is 394 Å². The molecule has 1 fully saturated rings. The van der Waals surface area contributed by atoms with E-state index in [1.165, 1.54) is 220 Å². The lowest BCUT2D eigenvalue weighted by Crippen LogP contribution is -2.62. The van der Waals surface area contributed by atoms with Gasteiger partial charge in [0.05, 0.1) is 22.8 Å². The summed E-state index contributed by atoms with van der Waals surface area (Å²) in [7, 11) is 0. The van der Waals surface area contributed by atoms with E-state index in [9.17, 15) is 0 Å². The summed E-state index contributed by atoms with van der Waals surface area (Å²) in [4.78, 5) is 37.7. The Bertz CT molecular complexity index is 9050. The molecule has 14 heterocycles. The normalized spacial score (nSPS) is 14.6. The number of rotatable bonds is 10. The summed E-state index contributed by atoms with van der Waals surface area (Å²) < 4.78 is 29.0. The van der Waals surface area contributed by atoms with Gasteiger partial charge < -0.3 is 38.2 Å². The van der Waals surface area contributed by atoms with Gasteiger partial charge in [-0.25, -0.2) is 4.98 Å². The Kier molecular flexibility index (Phi) is 20.0. The van der Waals surface area contributed by atoms with Crippen LogP contribution in [0.2, 0.25) is 0 Å². The number of aromatic nitrogens is 4. The lowest BCUT2D eigenvalue weighted by molar-refractivity contribution is 0.154. The standard InChI is InChI=1S/C36H21BN2OS.C33H19BN4OS.C30H24BNOS2.C30H18BNOS/c1-2-10-22(11-3-1)38-28-16-8-18-30-34(28)37-35-29(38)17-9-19-32(35)41-33-21-23(20-31(40-30)36(33)37)39-26-14-6-4-12-24(26)25-13-5-7-15-27(25)39;1-3-10-20(11-4-1)31-35-32(21-12-5-2-6-13-21)37-33(36-31)38-22-14-7-16-24-28(22)34-29-23(38)15-8-18-26(29)40-27-19-9-17-25(39-24)30(27)34;1-3-9-19(10-4-1)32-22-13-7-15-24-28(22)31-29-23(32)14-8-16-25(29)35-27-18-21(17-26(34-24)30(27)31)33-20-11-5-2-6-12-20;1-3-9-19(10-4-1)20-17-25-30-27(18-20)34-26-16-8-14-23-29(26)31(30)28-22(13-7-15-24(28)33-25)32(23)21-11-5-2-6-12-21/h1-21H;1-19H;1,3-4,7-10,13-18,20H,2,5-6,11-12H2;1-18H. The maximum atomic E-state index is 6.84. The maximum absolute atomic E-state index is 6.84. The van der Waals surface area contributed by atoms with Crippen LogP contribution in [-0.2, 0) is 0 Å². The topological polar surface area (TPSA) is 93.5 Å². The van der Waals surface area contributed by atoms with Crippen LogP contribution < -0.4 is 104 Å². The Morgan fingerprint density at radius 1 is 0.227 bits per heavy atom. The van der Waals surface area contributed by atoms with Gasteiger partial charge in [0.1, 0.15) is 40.2 Å². The molecule has 35 rings (SSSR count). The molecule has 0 unspecified atom stereocenters. The fourth-order valence-corrected chi connectivity index (χ4v) is 31.6. The molecule has 0 spiro atoms. The summed E-state index contributed by atoms with van der Waals surface area (Å²) in [5.41, 5.74) is 37.0. The third kappa shape index (κ3) is 13.5. The first-order chi connectivity index (χ1) is 74.4. The SMILES string of the molecule is c1ccc(-c2cc3c4c(c2)Sc2cccc5c2B4c2c(cccc2N5c2ccccc2)O3)cc1.c1ccc(-c2nc(-c3ccccc3)nc(N3c4cccc5c4B4c6c(cccc6Sc6cccc3c64)O5)n2)cc1.c1ccc(N2c3cccc4c3B3c5c(cc(-n6c7ccccc7c7ccccc76)cc5Sc5cccc2c53)O4)cc1.c1ccc(N2c3cccc4c3B3c5c(cc(OC6CCCCC6)cc5Sc5cccc2c53)S4)cc1. The number of hydrogen-bond donors (Lipinski definition) is 0. The zero-order chi connectivity index (χ0) is 98.0. The van der Waals surface area contributed by atoms with E-state index in [1.807, 2.05) is 108 Å². The van der Waals surface area contributed by atoms with Crippen LogP contribution in [0.1, 0.15) is 32.1 Å². The minimum Gasteiger partial charge on any atom is -0.490 e. The van der Waals surface area contributed by atoms with Crippen molar-refractivity contribution in [2.45, 2.75) is 87.2 Å². The first kappa shape index (κ1) is 86.7. The zero-order valence-electron chi connectivity index (χ0n) is 80.7. The smallest absolute Gasteiger partial charge is 0.259 e. The highest BCUT2D eigenvalue weighted by Gasteiger charge is 2.53. The molecule has 22 aromatic rings. The van der Waals surface area contributed by atoms with E-state index < -0.39 is 0 Å². The summed E-state index contributed by atoms with van der Waals surface area (Å²) in [6.45, 7) is 0.698. The molecule has 150 heavy (non-hydrogen) atoms. The quantitative estimate of drug-likeness (QED) is 0.122. The number of anilines is 12. The third-order valence-corrected chi connectivity index (χ3v) is 37.2. The first-order valence-electron chi connectivity index (χ1n) is 51.5. The van der Waals surface area contributed by atoms with Crippen molar-refractivity contribution < 1.29 is 18.9 Å². The minimum atomic E-state index is 0.0962. The Labute approximate surface area is 889 Å². The Morgan fingerprint density at radius 2 is 0.540 bits per heavy atom. The van der Waals surface area contributed by atoms with E-state index in [4.69, 9.17) is 33.9 Å². The number of nitrogens with zero attached hydrogens (tertiary/aromatic N) is 8. The van der Waals surface area contributed by atoms with Gasteiger partial charge in [-0.1, -0.05) is 302 Å². The average molecular weight is 2010 g/mol. The second kappa shape index (κ2) is 34.6. The van der Waals surface area contributed by atoms with Gasteiger partial charge in [0.15, 0.2) is 11.6 Å². The molecule has 1 saturated carbocycles. The average Bonchev–Trinajstić information content (AvgIpc) is 0.896. The molecule has 0 bridgehead atoms. The van der Waals surface area contributed by atoms with Crippen molar-refractivity contribution in [1.82, 2.24) is 19.5 Å². The lowest BCUT2D eigenvalue weighted by atomic mass is 9.34. The summed E-state index contributed by atoms with van der Waals surface area (Å²) in [6, 6.07) is 153. The molecule has 1 aliphatic carbocycles. The van der Waals surface area contributed by atoms with Gasteiger partial charge in [0.25, 0.3) is 26.9 Å². The fourth-order valence-electron chi connectivity index (χ4n) is 25.4. The molecule has 0 N–H and O–H groups in total. The number of hydrogen-bond acceptors (Lipinski definition) is 16. The van der Waals surface area contributed by atoms with Crippen LogP contribution in [0.15, 0.2) is 480 Å². The van der Waals surface area contributed by atoms with Crippen LogP contribution in [0.5, 0.6) is 40.2 Å². The Hall–Kier alpha value is -16.4. The minimum absolute atomic E-state index is 0.0962. The molecule has 0 saturated heterocycles. The highest BCUT2D eigenvalue weighted by molar-refractivity contribution is 8.02. The molecule has 20 aromatic carbocycles. The van der Waals surface area contributed by atoms with Gasteiger partial charge in [-0.05, 0) is 290 Å². The number of fused-ring (bicyclic) bond motifs is 3. The van der Waals surface area contributed by atoms with Crippen molar-refractivity contribution in [2.75, 3.05) is 19.6 Å². The molecule has 13 aliphatic rings. The summed E-state index contributed by atoms with van der Waals surface area (Å²) in [5.74, 6) is 8.56. The number of ether oxygens (including phenoxy) is 4. The molecule has 21 heteroatoms. The van der Waals surface area contributed by atoms with Crippen LogP contribution in [0.25, 0.3) is 61.4 Å². The molecule has 0 atom stereocenters. The summed E-state index contributed by atoms with van der Waals surface area (Å²) in [5, 5.41) is 2.53. The number of benzene rings is 20. The van der Waals surface area contributed by atoms with Gasteiger partial charge in [0.2, 0.25) is 5.95 Å². The lowest BCUT2D eigenvalue weighted by Gasteiger charge is -2.43. The van der Waals surface area contributed by atoms with Crippen molar-refractivity contribution in [3.63, 3.8) is 0 Å². The van der Waals surface area contributed by atoms with Gasteiger partial charge in [-0.15, -0.1) is 0 Å². The third-order valence-electron chi connectivity index (χ3n) is 31.5. The van der Waals surface area contributed by atoms with Gasteiger partial charge in [-0.3, -0.25) is 4.90 Å².